The number of methoxy groups -OCH3 is 1. The van der Waals surface area contributed by atoms with Gasteiger partial charge in [0.05, 0.1) is 6.54 Å². The van der Waals surface area contributed by atoms with Gasteiger partial charge in [-0.2, -0.15) is 0 Å². The standard InChI is InChI=1S/C16H26N2O3/c1-12-10-14(3)15(11-13(12)2)21-9-7-18-16(19)17-6-5-8-20-4/h10-11H,5-9H2,1-4H3,(H2,17,18,19). The van der Waals surface area contributed by atoms with Gasteiger partial charge < -0.3 is 20.1 Å². The lowest BCUT2D eigenvalue weighted by Crippen LogP contribution is -2.38. The van der Waals surface area contributed by atoms with Crippen molar-refractivity contribution >= 4 is 6.03 Å². The zero-order valence-electron chi connectivity index (χ0n) is 13.4. The van der Waals surface area contributed by atoms with Gasteiger partial charge in [-0.05, 0) is 49.9 Å². The van der Waals surface area contributed by atoms with Gasteiger partial charge in [-0.1, -0.05) is 6.07 Å². The van der Waals surface area contributed by atoms with Crippen molar-refractivity contribution in [3.05, 3.63) is 28.8 Å². The van der Waals surface area contributed by atoms with Crippen LogP contribution in [0.5, 0.6) is 5.75 Å². The maximum atomic E-state index is 11.5. The van der Waals surface area contributed by atoms with Crippen molar-refractivity contribution in [3.8, 4) is 5.75 Å². The van der Waals surface area contributed by atoms with Crippen LogP contribution < -0.4 is 15.4 Å². The van der Waals surface area contributed by atoms with E-state index in [4.69, 9.17) is 9.47 Å². The van der Waals surface area contributed by atoms with Crippen LogP contribution in [0.1, 0.15) is 23.1 Å². The van der Waals surface area contributed by atoms with Crippen LogP contribution in [0.15, 0.2) is 12.1 Å². The SMILES string of the molecule is COCCCNC(=O)NCCOc1cc(C)c(C)cc1C. The molecule has 5 nitrogen and oxygen atoms in total. The first kappa shape index (κ1) is 17.3. The van der Waals surface area contributed by atoms with Crippen molar-refractivity contribution in [3.63, 3.8) is 0 Å². The fraction of sp³-hybridized carbons (Fsp3) is 0.562. The molecule has 2 N–H and O–H groups in total. The number of urea groups is 1. The Labute approximate surface area is 127 Å². The van der Waals surface area contributed by atoms with E-state index < -0.39 is 0 Å². The van der Waals surface area contributed by atoms with Crippen LogP contribution >= 0.6 is 0 Å². The molecule has 1 rings (SSSR count). The van der Waals surface area contributed by atoms with Crippen LogP contribution in [0.25, 0.3) is 0 Å². The third-order valence-electron chi connectivity index (χ3n) is 3.25. The van der Waals surface area contributed by atoms with E-state index in [1.807, 2.05) is 13.0 Å². The highest BCUT2D eigenvalue weighted by Crippen LogP contribution is 2.22. The Morgan fingerprint density at radius 3 is 2.38 bits per heavy atom. The minimum Gasteiger partial charge on any atom is -0.491 e. The lowest BCUT2D eigenvalue weighted by atomic mass is 10.1. The number of carbonyl (C=O) groups excluding carboxylic acids is 1. The molecule has 21 heavy (non-hydrogen) atoms. The average molecular weight is 294 g/mol. The molecular formula is C16H26N2O3. The van der Waals surface area contributed by atoms with Gasteiger partial charge >= 0.3 is 6.03 Å². The summed E-state index contributed by atoms with van der Waals surface area (Å²) in [6, 6.07) is 3.97. The predicted octanol–water partition coefficient (Wildman–Crippen LogP) is 2.33. The van der Waals surface area contributed by atoms with Gasteiger partial charge in [-0.15, -0.1) is 0 Å². The molecule has 0 aliphatic rings. The van der Waals surface area contributed by atoms with Crippen molar-refractivity contribution < 1.29 is 14.3 Å². The van der Waals surface area contributed by atoms with Gasteiger partial charge in [0.25, 0.3) is 0 Å². The number of benzene rings is 1. The molecule has 0 aromatic heterocycles. The summed E-state index contributed by atoms with van der Waals surface area (Å²) in [4.78, 5) is 11.5. The zero-order chi connectivity index (χ0) is 15.7. The molecule has 0 fully saturated rings. The van der Waals surface area contributed by atoms with E-state index in [1.165, 1.54) is 11.1 Å². The molecule has 0 radical (unpaired) electrons. The fourth-order valence-corrected chi connectivity index (χ4v) is 1.90. The third kappa shape index (κ3) is 6.49. The van der Waals surface area contributed by atoms with Crippen molar-refractivity contribution in [1.29, 1.82) is 0 Å². The van der Waals surface area contributed by atoms with E-state index in [0.717, 1.165) is 17.7 Å². The first-order valence-electron chi connectivity index (χ1n) is 7.26. The van der Waals surface area contributed by atoms with Gasteiger partial charge in [0, 0.05) is 20.3 Å². The summed E-state index contributed by atoms with van der Waals surface area (Å²) in [6.45, 7) is 8.36. The second-order valence-corrected chi connectivity index (χ2v) is 5.08. The van der Waals surface area contributed by atoms with Gasteiger partial charge in [-0.3, -0.25) is 0 Å². The highest BCUT2D eigenvalue weighted by Gasteiger charge is 2.03. The Hall–Kier alpha value is -1.75. The summed E-state index contributed by atoms with van der Waals surface area (Å²) in [5.41, 5.74) is 3.58. The van der Waals surface area contributed by atoms with E-state index in [0.29, 0.717) is 26.3 Å². The highest BCUT2D eigenvalue weighted by atomic mass is 16.5. The van der Waals surface area contributed by atoms with Gasteiger partial charge in [0.15, 0.2) is 0 Å². The number of hydrogen-bond acceptors (Lipinski definition) is 3. The lowest BCUT2D eigenvalue weighted by molar-refractivity contribution is 0.193. The Kier molecular flexibility index (Phi) is 7.61. The molecule has 0 atom stereocenters. The van der Waals surface area contributed by atoms with Crippen LogP contribution in [-0.2, 0) is 4.74 Å². The van der Waals surface area contributed by atoms with Crippen molar-refractivity contribution in [2.24, 2.45) is 0 Å². The third-order valence-corrected chi connectivity index (χ3v) is 3.25. The first-order chi connectivity index (χ1) is 10.0. The van der Waals surface area contributed by atoms with Crippen LogP contribution in [0.2, 0.25) is 0 Å². The summed E-state index contributed by atoms with van der Waals surface area (Å²) >= 11 is 0. The fourth-order valence-electron chi connectivity index (χ4n) is 1.90. The van der Waals surface area contributed by atoms with Crippen LogP contribution in [-0.4, -0.2) is 39.4 Å². The molecule has 0 aliphatic heterocycles. The summed E-state index contributed by atoms with van der Waals surface area (Å²) in [5.74, 6) is 0.875. The average Bonchev–Trinajstić information content (AvgIpc) is 2.45. The maximum absolute atomic E-state index is 11.5. The molecule has 1 aromatic rings. The highest BCUT2D eigenvalue weighted by molar-refractivity contribution is 5.73. The summed E-state index contributed by atoms with van der Waals surface area (Å²) < 4.78 is 10.6. The Morgan fingerprint density at radius 2 is 1.67 bits per heavy atom. The Morgan fingerprint density at radius 1 is 1.00 bits per heavy atom. The minimum atomic E-state index is -0.175. The van der Waals surface area contributed by atoms with Crippen LogP contribution in [0, 0.1) is 20.8 Å². The molecule has 5 heteroatoms. The summed E-state index contributed by atoms with van der Waals surface area (Å²) in [5, 5.41) is 5.52. The molecule has 0 bridgehead atoms. The predicted molar refractivity (Wildman–Crippen MR) is 84.0 cm³/mol. The van der Waals surface area contributed by atoms with E-state index in [1.54, 1.807) is 7.11 Å². The maximum Gasteiger partial charge on any atom is 0.314 e. The minimum absolute atomic E-state index is 0.175. The number of rotatable bonds is 8. The van der Waals surface area contributed by atoms with Crippen LogP contribution in [0.3, 0.4) is 0 Å². The van der Waals surface area contributed by atoms with Crippen molar-refractivity contribution in [2.75, 3.05) is 33.4 Å². The quantitative estimate of drug-likeness (QED) is 0.723. The second kappa shape index (κ2) is 9.23. The van der Waals surface area contributed by atoms with Gasteiger partial charge in [0.1, 0.15) is 12.4 Å². The molecule has 0 spiro atoms. The number of nitrogens with one attached hydrogen (secondary N) is 2. The Balaban J connectivity index is 2.22. The molecule has 0 saturated carbocycles. The zero-order valence-corrected chi connectivity index (χ0v) is 13.4. The van der Waals surface area contributed by atoms with Crippen LogP contribution in [0.4, 0.5) is 4.79 Å². The van der Waals surface area contributed by atoms with Gasteiger partial charge in [-0.25, -0.2) is 4.79 Å². The normalized spacial score (nSPS) is 10.3. The molecule has 118 valence electrons. The smallest absolute Gasteiger partial charge is 0.314 e. The summed E-state index contributed by atoms with van der Waals surface area (Å²) in [6.07, 6.45) is 0.808. The molecule has 0 saturated heterocycles. The lowest BCUT2D eigenvalue weighted by Gasteiger charge is -2.12. The largest absolute Gasteiger partial charge is 0.491 e. The number of ether oxygens (including phenoxy) is 2. The van der Waals surface area contributed by atoms with E-state index in [2.05, 4.69) is 30.5 Å². The second-order valence-electron chi connectivity index (χ2n) is 5.08. The molecular weight excluding hydrogens is 268 g/mol. The van der Waals surface area contributed by atoms with Gasteiger partial charge in [0.2, 0.25) is 0 Å². The van der Waals surface area contributed by atoms with E-state index in [9.17, 15) is 4.79 Å². The number of carbonyl (C=O) groups is 1. The molecule has 0 unspecified atom stereocenters. The van der Waals surface area contributed by atoms with Crippen molar-refractivity contribution in [2.45, 2.75) is 27.2 Å². The van der Waals surface area contributed by atoms with Crippen molar-refractivity contribution in [1.82, 2.24) is 10.6 Å². The molecule has 2 amide bonds. The monoisotopic (exact) mass is 294 g/mol. The molecule has 1 aromatic carbocycles. The number of amides is 2. The van der Waals surface area contributed by atoms with E-state index in [-0.39, 0.29) is 6.03 Å². The summed E-state index contributed by atoms with van der Waals surface area (Å²) in [7, 11) is 1.65. The number of aryl methyl sites for hydroxylation is 3. The number of hydrogen-bond donors (Lipinski definition) is 2. The topological polar surface area (TPSA) is 59.6 Å². The molecule has 0 aliphatic carbocycles. The molecule has 0 heterocycles. The first-order valence-corrected chi connectivity index (χ1v) is 7.26. The Bertz CT molecular complexity index is 461. The van der Waals surface area contributed by atoms with E-state index >= 15 is 0 Å².